The Hall–Kier alpha value is -2.87. The van der Waals surface area contributed by atoms with Crippen LogP contribution in [0.15, 0.2) is 18.5 Å². The number of hydrogen-bond acceptors (Lipinski definition) is 7. The summed E-state index contributed by atoms with van der Waals surface area (Å²) in [6, 6.07) is 3.09. The molecule has 0 radical (unpaired) electrons. The maximum atomic E-state index is 11.9. The number of thiophene rings is 1. The molecule has 0 saturated heterocycles. The zero-order valence-electron chi connectivity index (χ0n) is 18.4. The van der Waals surface area contributed by atoms with Crippen molar-refractivity contribution in [2.45, 2.75) is 40.0 Å². The van der Waals surface area contributed by atoms with Crippen molar-refractivity contribution in [3.05, 3.63) is 34.5 Å². The van der Waals surface area contributed by atoms with Crippen LogP contribution < -0.4 is 14.8 Å². The molecule has 1 atom stereocenters. The first-order valence-corrected chi connectivity index (χ1v) is 11.1. The van der Waals surface area contributed by atoms with Gasteiger partial charge < -0.3 is 19.9 Å². The molecule has 0 aliphatic heterocycles. The Morgan fingerprint density at radius 2 is 1.90 bits per heavy atom. The number of anilines is 2. The highest BCUT2D eigenvalue weighted by Crippen LogP contribution is 2.45. The van der Waals surface area contributed by atoms with Crippen LogP contribution in [0.3, 0.4) is 0 Å². The molecule has 0 amide bonds. The van der Waals surface area contributed by atoms with Gasteiger partial charge in [0.15, 0.2) is 11.5 Å². The summed E-state index contributed by atoms with van der Waals surface area (Å²) in [5.41, 5.74) is 2.02. The van der Waals surface area contributed by atoms with E-state index < -0.39 is 5.97 Å². The Balaban J connectivity index is 1.79. The molecule has 31 heavy (non-hydrogen) atoms. The SMILES string of the molecule is COc1cc(Nc2ncnc3sc4c(c23)CCC(C(C)(C)C)C4)c(C(=O)O)cc1OC. The number of nitrogens with zero attached hydrogens (tertiary/aromatic N) is 2. The van der Waals surface area contributed by atoms with Gasteiger partial charge in [-0.2, -0.15) is 0 Å². The van der Waals surface area contributed by atoms with Crippen LogP contribution in [-0.2, 0) is 12.8 Å². The second-order valence-corrected chi connectivity index (χ2v) is 9.98. The molecule has 1 aliphatic rings. The lowest BCUT2D eigenvalue weighted by Gasteiger charge is -2.33. The van der Waals surface area contributed by atoms with E-state index in [1.807, 2.05) is 0 Å². The van der Waals surface area contributed by atoms with Gasteiger partial charge in [-0.25, -0.2) is 14.8 Å². The number of hydrogen-bond donors (Lipinski definition) is 2. The van der Waals surface area contributed by atoms with Crippen molar-refractivity contribution in [1.82, 2.24) is 9.97 Å². The predicted molar refractivity (Wildman–Crippen MR) is 122 cm³/mol. The summed E-state index contributed by atoms with van der Waals surface area (Å²) in [7, 11) is 3.00. The Labute approximate surface area is 185 Å². The van der Waals surface area contributed by atoms with Crippen molar-refractivity contribution in [1.29, 1.82) is 0 Å². The van der Waals surface area contributed by atoms with Crippen LogP contribution >= 0.6 is 11.3 Å². The highest BCUT2D eigenvalue weighted by atomic mass is 32.1. The molecule has 0 fully saturated rings. The number of fused-ring (bicyclic) bond motifs is 3. The van der Waals surface area contributed by atoms with Crippen LogP contribution in [-0.4, -0.2) is 35.3 Å². The molecule has 1 aliphatic carbocycles. The number of methoxy groups -OCH3 is 2. The molecular formula is C23H27N3O4S. The summed E-state index contributed by atoms with van der Waals surface area (Å²) in [5, 5.41) is 14.0. The van der Waals surface area contributed by atoms with E-state index in [0.717, 1.165) is 29.5 Å². The number of rotatable bonds is 5. The number of carboxylic acid groups (broad SMARTS) is 1. The lowest BCUT2D eigenvalue weighted by Crippen LogP contribution is -2.26. The quantitative estimate of drug-likeness (QED) is 0.555. The van der Waals surface area contributed by atoms with Crippen molar-refractivity contribution < 1.29 is 19.4 Å². The van der Waals surface area contributed by atoms with E-state index in [2.05, 4.69) is 36.1 Å². The van der Waals surface area contributed by atoms with E-state index in [1.165, 1.54) is 37.1 Å². The number of nitrogens with one attached hydrogen (secondary N) is 1. The Morgan fingerprint density at radius 3 is 2.55 bits per heavy atom. The second kappa shape index (κ2) is 8.00. The van der Waals surface area contributed by atoms with Gasteiger partial charge in [0, 0.05) is 17.0 Å². The Bertz CT molecular complexity index is 1150. The molecule has 164 valence electrons. The molecule has 2 heterocycles. The minimum Gasteiger partial charge on any atom is -0.493 e. The maximum absolute atomic E-state index is 11.9. The molecule has 0 bridgehead atoms. The van der Waals surface area contributed by atoms with E-state index in [4.69, 9.17) is 9.47 Å². The summed E-state index contributed by atoms with van der Waals surface area (Å²) in [5.74, 6) is 0.988. The molecule has 4 rings (SSSR count). The second-order valence-electron chi connectivity index (χ2n) is 8.89. The third kappa shape index (κ3) is 3.92. The van der Waals surface area contributed by atoms with E-state index in [0.29, 0.717) is 28.9 Å². The van der Waals surface area contributed by atoms with Crippen molar-refractivity contribution in [2.24, 2.45) is 11.3 Å². The summed E-state index contributed by atoms with van der Waals surface area (Å²) in [6.07, 6.45) is 4.65. The van der Waals surface area contributed by atoms with Crippen LogP contribution in [0.5, 0.6) is 11.5 Å². The zero-order valence-corrected chi connectivity index (χ0v) is 19.2. The smallest absolute Gasteiger partial charge is 0.337 e. The molecule has 2 N–H and O–H groups in total. The van der Waals surface area contributed by atoms with Gasteiger partial charge in [0.25, 0.3) is 0 Å². The van der Waals surface area contributed by atoms with Crippen LogP contribution in [0, 0.1) is 11.3 Å². The topological polar surface area (TPSA) is 93.6 Å². The number of benzene rings is 1. The largest absolute Gasteiger partial charge is 0.493 e. The van der Waals surface area contributed by atoms with Gasteiger partial charge in [0.1, 0.15) is 17.0 Å². The van der Waals surface area contributed by atoms with E-state index in [-0.39, 0.29) is 11.0 Å². The van der Waals surface area contributed by atoms with Crippen molar-refractivity contribution in [3.8, 4) is 11.5 Å². The number of aromatic carboxylic acids is 1. The normalized spacial score (nSPS) is 16.1. The average molecular weight is 442 g/mol. The van der Waals surface area contributed by atoms with Crippen LogP contribution in [0.2, 0.25) is 0 Å². The third-order valence-corrected chi connectivity index (χ3v) is 7.24. The summed E-state index contributed by atoms with van der Waals surface area (Å²) >= 11 is 1.72. The fourth-order valence-corrected chi connectivity index (χ4v) is 5.50. The van der Waals surface area contributed by atoms with Crippen LogP contribution in [0.4, 0.5) is 11.5 Å². The predicted octanol–water partition coefficient (Wildman–Crippen LogP) is 5.30. The van der Waals surface area contributed by atoms with Gasteiger partial charge in [-0.05, 0) is 36.2 Å². The minimum absolute atomic E-state index is 0.0845. The number of carboxylic acids is 1. The van der Waals surface area contributed by atoms with Gasteiger partial charge in [-0.3, -0.25) is 0 Å². The van der Waals surface area contributed by atoms with Gasteiger partial charge in [-0.15, -0.1) is 11.3 Å². The lowest BCUT2D eigenvalue weighted by atomic mass is 9.72. The summed E-state index contributed by atoms with van der Waals surface area (Å²) < 4.78 is 10.6. The van der Waals surface area contributed by atoms with Crippen molar-refractivity contribution >= 4 is 39.0 Å². The molecule has 0 saturated carbocycles. The lowest BCUT2D eigenvalue weighted by molar-refractivity contribution is 0.0697. The Morgan fingerprint density at radius 1 is 1.19 bits per heavy atom. The number of aryl methyl sites for hydroxylation is 1. The van der Waals surface area contributed by atoms with Gasteiger partial charge in [0.2, 0.25) is 0 Å². The Kier molecular flexibility index (Phi) is 5.51. The van der Waals surface area contributed by atoms with Gasteiger partial charge in [-0.1, -0.05) is 20.8 Å². The fraction of sp³-hybridized carbons (Fsp3) is 0.435. The highest BCUT2D eigenvalue weighted by Gasteiger charge is 2.32. The van der Waals surface area contributed by atoms with Gasteiger partial charge >= 0.3 is 5.97 Å². The zero-order chi connectivity index (χ0) is 22.3. The molecule has 8 heteroatoms. The highest BCUT2D eigenvalue weighted by molar-refractivity contribution is 7.19. The molecule has 3 aromatic rings. The average Bonchev–Trinajstić information content (AvgIpc) is 3.11. The van der Waals surface area contributed by atoms with E-state index in [1.54, 1.807) is 17.4 Å². The number of aromatic nitrogens is 2. The van der Waals surface area contributed by atoms with Crippen molar-refractivity contribution in [3.63, 3.8) is 0 Å². The standard InChI is InChI=1S/C23H27N3O4S/c1-23(2,3)12-6-7-13-18(8-12)31-21-19(13)20(24-11-25-21)26-15-10-17(30-5)16(29-4)9-14(15)22(27)28/h9-12H,6-8H2,1-5H3,(H,27,28)(H,24,25,26). The van der Waals surface area contributed by atoms with Crippen LogP contribution in [0.1, 0.15) is 48.0 Å². The molecule has 2 aromatic heterocycles. The van der Waals surface area contributed by atoms with Crippen LogP contribution in [0.25, 0.3) is 10.2 Å². The third-order valence-electron chi connectivity index (χ3n) is 6.08. The first-order chi connectivity index (χ1) is 14.7. The molecular weight excluding hydrogens is 414 g/mol. The summed E-state index contributed by atoms with van der Waals surface area (Å²) in [6.45, 7) is 6.90. The number of carbonyl (C=O) groups is 1. The van der Waals surface area contributed by atoms with Gasteiger partial charge in [0.05, 0.1) is 30.9 Å². The minimum atomic E-state index is -1.06. The van der Waals surface area contributed by atoms with E-state index in [9.17, 15) is 9.90 Å². The summed E-state index contributed by atoms with van der Waals surface area (Å²) in [4.78, 5) is 23.1. The fourth-order valence-electron chi connectivity index (χ4n) is 4.23. The molecule has 7 nitrogen and oxygen atoms in total. The number of ether oxygens (including phenoxy) is 2. The molecule has 0 spiro atoms. The maximum Gasteiger partial charge on any atom is 0.337 e. The monoisotopic (exact) mass is 441 g/mol. The first-order valence-electron chi connectivity index (χ1n) is 10.2. The first kappa shape index (κ1) is 21.4. The van der Waals surface area contributed by atoms with Crippen molar-refractivity contribution in [2.75, 3.05) is 19.5 Å². The molecule has 1 unspecified atom stereocenters. The van der Waals surface area contributed by atoms with E-state index >= 15 is 0 Å². The molecule has 1 aromatic carbocycles.